The standard InChI is InChI=1S/C78H145NO8/c1-3-5-7-9-11-13-15-17-19-21-23-25-27-29-30-31-32-33-34-35-36-37-38-39-40-41-42-44-46-48-50-52-54-56-58-60-62-64-66-68-74(82)79-71(70-86-78-77(85)76(84)75(83)73(69-80)87-78)72(81)67-65-63-61-59-57-55-53-51-49-47-45-43-28-26-24-22-20-18-16-14-12-10-8-6-4-2/h5,7,11,13,17,19,23,25,29-30,71-73,75-78,80-81,83-85H,3-4,6,8-10,12,14-16,18,20-22,24,26-28,31-70H2,1-2H3,(H,79,82)/b7-5-,13-11-,19-17-,25-23-,30-29-. The highest BCUT2D eigenvalue weighted by molar-refractivity contribution is 5.76. The number of carbonyl (C=O) groups excluding carboxylic acids is 1. The summed E-state index contributed by atoms with van der Waals surface area (Å²) in [7, 11) is 0. The van der Waals surface area contributed by atoms with E-state index in [2.05, 4.69) is 79.9 Å². The van der Waals surface area contributed by atoms with E-state index in [-0.39, 0.29) is 12.5 Å². The van der Waals surface area contributed by atoms with Gasteiger partial charge in [-0.3, -0.25) is 4.79 Å². The zero-order chi connectivity index (χ0) is 62.8. The van der Waals surface area contributed by atoms with Crippen LogP contribution in [-0.4, -0.2) is 87.5 Å². The molecule has 9 heteroatoms. The molecule has 0 aromatic heterocycles. The number of rotatable bonds is 67. The molecule has 1 heterocycles. The van der Waals surface area contributed by atoms with Gasteiger partial charge in [0, 0.05) is 6.42 Å². The van der Waals surface area contributed by atoms with Gasteiger partial charge in [0.2, 0.25) is 5.91 Å². The third kappa shape index (κ3) is 55.3. The molecule has 0 radical (unpaired) electrons. The number of nitrogens with one attached hydrogen (secondary N) is 1. The van der Waals surface area contributed by atoms with Gasteiger partial charge in [0.1, 0.15) is 24.4 Å². The highest BCUT2D eigenvalue weighted by Crippen LogP contribution is 2.24. The zero-order valence-corrected chi connectivity index (χ0v) is 57.3. The van der Waals surface area contributed by atoms with Gasteiger partial charge in [0.05, 0.1) is 25.4 Å². The van der Waals surface area contributed by atoms with Crippen LogP contribution >= 0.6 is 0 Å². The van der Waals surface area contributed by atoms with Crippen molar-refractivity contribution in [2.45, 2.75) is 416 Å². The van der Waals surface area contributed by atoms with Gasteiger partial charge in [-0.15, -0.1) is 0 Å². The van der Waals surface area contributed by atoms with Gasteiger partial charge in [-0.1, -0.05) is 370 Å². The van der Waals surface area contributed by atoms with Crippen LogP contribution in [0.1, 0.15) is 373 Å². The number of amides is 1. The summed E-state index contributed by atoms with van der Waals surface area (Å²) in [4.78, 5) is 13.2. The van der Waals surface area contributed by atoms with Crippen molar-refractivity contribution in [1.29, 1.82) is 0 Å². The smallest absolute Gasteiger partial charge is 0.220 e. The Hall–Kier alpha value is -2.11. The molecule has 0 saturated carbocycles. The number of ether oxygens (including phenoxy) is 2. The lowest BCUT2D eigenvalue weighted by molar-refractivity contribution is -0.302. The normalized spacial score (nSPS) is 18.3. The Morgan fingerprint density at radius 1 is 0.402 bits per heavy atom. The van der Waals surface area contributed by atoms with Gasteiger partial charge in [0.15, 0.2) is 6.29 Å². The lowest BCUT2D eigenvalue weighted by atomic mass is 9.99. The Morgan fingerprint density at radius 2 is 0.713 bits per heavy atom. The molecule has 7 unspecified atom stereocenters. The molecule has 6 N–H and O–H groups in total. The van der Waals surface area contributed by atoms with Gasteiger partial charge in [-0.05, 0) is 57.8 Å². The first kappa shape index (κ1) is 82.9. The van der Waals surface area contributed by atoms with E-state index in [0.717, 1.165) is 70.6 Å². The summed E-state index contributed by atoms with van der Waals surface area (Å²) >= 11 is 0. The Labute approximate surface area is 538 Å². The summed E-state index contributed by atoms with van der Waals surface area (Å²) in [5.74, 6) is -0.136. The molecule has 0 aromatic rings. The first-order valence-corrected chi connectivity index (χ1v) is 38.0. The Balaban J connectivity index is 2.05. The number of allylic oxidation sites excluding steroid dienone is 10. The van der Waals surface area contributed by atoms with Gasteiger partial charge in [-0.25, -0.2) is 0 Å². The predicted molar refractivity (Wildman–Crippen MR) is 373 cm³/mol. The zero-order valence-electron chi connectivity index (χ0n) is 57.3. The van der Waals surface area contributed by atoms with E-state index in [1.807, 2.05) is 0 Å². The van der Waals surface area contributed by atoms with Crippen LogP contribution < -0.4 is 5.32 Å². The summed E-state index contributed by atoms with van der Waals surface area (Å²) < 4.78 is 11.4. The van der Waals surface area contributed by atoms with E-state index >= 15 is 0 Å². The van der Waals surface area contributed by atoms with Crippen LogP contribution in [-0.2, 0) is 14.3 Å². The van der Waals surface area contributed by atoms with E-state index in [4.69, 9.17) is 9.47 Å². The molecule has 87 heavy (non-hydrogen) atoms. The van der Waals surface area contributed by atoms with Crippen LogP contribution in [0.5, 0.6) is 0 Å². The highest BCUT2D eigenvalue weighted by atomic mass is 16.7. The number of aliphatic hydroxyl groups is 5. The van der Waals surface area contributed by atoms with Crippen molar-refractivity contribution in [3.63, 3.8) is 0 Å². The monoisotopic (exact) mass is 1220 g/mol. The molecule has 510 valence electrons. The van der Waals surface area contributed by atoms with Crippen LogP contribution in [0.2, 0.25) is 0 Å². The van der Waals surface area contributed by atoms with E-state index < -0.39 is 49.5 Å². The van der Waals surface area contributed by atoms with Gasteiger partial charge in [-0.2, -0.15) is 0 Å². The van der Waals surface area contributed by atoms with Crippen LogP contribution in [0.3, 0.4) is 0 Å². The second kappa shape index (κ2) is 66.8. The average Bonchev–Trinajstić information content (AvgIpc) is 3.38. The summed E-state index contributed by atoms with van der Waals surface area (Å²) in [5.41, 5.74) is 0. The van der Waals surface area contributed by atoms with E-state index in [0.29, 0.717) is 12.8 Å². The third-order valence-corrected chi connectivity index (χ3v) is 18.1. The molecule has 0 aliphatic carbocycles. The number of aliphatic hydroxyl groups excluding tert-OH is 5. The molecule has 1 aliphatic heterocycles. The van der Waals surface area contributed by atoms with E-state index in [1.54, 1.807) is 0 Å². The lowest BCUT2D eigenvalue weighted by Crippen LogP contribution is -2.60. The van der Waals surface area contributed by atoms with Crippen molar-refractivity contribution < 1.29 is 39.8 Å². The molecule has 1 fully saturated rings. The molecule has 0 bridgehead atoms. The number of hydrogen-bond donors (Lipinski definition) is 6. The van der Waals surface area contributed by atoms with Gasteiger partial charge in [0.25, 0.3) is 0 Å². The minimum absolute atomic E-state index is 0.134. The molecular weight excluding hydrogens is 1080 g/mol. The Morgan fingerprint density at radius 3 is 1.06 bits per heavy atom. The van der Waals surface area contributed by atoms with Crippen LogP contribution in [0.25, 0.3) is 0 Å². The fourth-order valence-electron chi connectivity index (χ4n) is 12.3. The molecule has 1 amide bonds. The number of carbonyl (C=O) groups is 1. The lowest BCUT2D eigenvalue weighted by Gasteiger charge is -2.40. The Kier molecular flexibility index (Phi) is 63.7. The summed E-state index contributed by atoms with van der Waals surface area (Å²) in [6.45, 7) is 3.78. The number of hydrogen-bond acceptors (Lipinski definition) is 8. The molecule has 1 aliphatic rings. The molecule has 1 saturated heterocycles. The minimum atomic E-state index is -1.55. The summed E-state index contributed by atoms with van der Waals surface area (Å²) in [6.07, 6.45) is 86.0. The molecule has 0 spiro atoms. The van der Waals surface area contributed by atoms with Crippen LogP contribution in [0.4, 0.5) is 0 Å². The van der Waals surface area contributed by atoms with Crippen molar-refractivity contribution in [3.8, 4) is 0 Å². The largest absolute Gasteiger partial charge is 0.394 e. The fourth-order valence-corrected chi connectivity index (χ4v) is 12.3. The quantitative estimate of drug-likeness (QED) is 0.0261. The number of unbranched alkanes of at least 4 members (excludes halogenated alkanes) is 47. The Bertz CT molecular complexity index is 1560. The van der Waals surface area contributed by atoms with Crippen LogP contribution in [0.15, 0.2) is 60.8 Å². The molecular formula is C78H145NO8. The third-order valence-electron chi connectivity index (χ3n) is 18.1. The van der Waals surface area contributed by atoms with Gasteiger partial charge < -0.3 is 40.3 Å². The topological polar surface area (TPSA) is 149 Å². The minimum Gasteiger partial charge on any atom is -0.394 e. The van der Waals surface area contributed by atoms with Gasteiger partial charge >= 0.3 is 0 Å². The maximum Gasteiger partial charge on any atom is 0.220 e. The second-order valence-electron chi connectivity index (χ2n) is 26.4. The van der Waals surface area contributed by atoms with Crippen molar-refractivity contribution in [2.75, 3.05) is 13.2 Å². The van der Waals surface area contributed by atoms with Crippen LogP contribution in [0, 0.1) is 0 Å². The maximum absolute atomic E-state index is 13.2. The highest BCUT2D eigenvalue weighted by Gasteiger charge is 2.44. The average molecular weight is 1230 g/mol. The maximum atomic E-state index is 13.2. The molecule has 1 rings (SSSR count). The second-order valence-corrected chi connectivity index (χ2v) is 26.4. The summed E-state index contributed by atoms with van der Waals surface area (Å²) in [6, 6.07) is -0.720. The molecule has 9 nitrogen and oxygen atoms in total. The predicted octanol–water partition coefficient (Wildman–Crippen LogP) is 21.3. The van der Waals surface area contributed by atoms with E-state index in [1.165, 1.54) is 276 Å². The van der Waals surface area contributed by atoms with Crippen molar-refractivity contribution >= 4 is 5.91 Å². The first-order chi connectivity index (χ1) is 42.8. The fraction of sp³-hybridized carbons (Fsp3) is 0.859. The van der Waals surface area contributed by atoms with Crippen molar-refractivity contribution in [1.82, 2.24) is 5.32 Å². The SMILES string of the molecule is CC/C=C\C/C=C\C/C=C\C/C=C\C/C=C\CCCCCCCCCCCCCCCCCCCCCCCCCC(=O)NC(COC1OC(CO)C(O)C(O)C1O)C(O)CCCCCCCCCCCCCCCCCCCCCCCCCCC. The molecule has 7 atom stereocenters. The molecule has 0 aromatic carbocycles. The summed E-state index contributed by atoms with van der Waals surface area (Å²) in [5, 5.41) is 55.0. The van der Waals surface area contributed by atoms with E-state index in [9.17, 15) is 30.3 Å². The van der Waals surface area contributed by atoms with Crippen molar-refractivity contribution in [2.24, 2.45) is 0 Å². The van der Waals surface area contributed by atoms with Crippen molar-refractivity contribution in [3.05, 3.63) is 60.8 Å². The first-order valence-electron chi connectivity index (χ1n) is 38.0.